The lowest BCUT2D eigenvalue weighted by Crippen LogP contribution is -2.42. The predicted molar refractivity (Wildman–Crippen MR) is 75.6 cm³/mol. The van der Waals surface area contributed by atoms with E-state index >= 15 is 0 Å². The summed E-state index contributed by atoms with van der Waals surface area (Å²) in [6.07, 6.45) is 3.56. The Morgan fingerprint density at radius 2 is 2.00 bits per heavy atom. The number of carbonyl (C=O) groups is 2. The van der Waals surface area contributed by atoms with Gasteiger partial charge < -0.3 is 19.8 Å². The zero-order valence-corrected chi connectivity index (χ0v) is 11.9. The van der Waals surface area contributed by atoms with E-state index in [1.807, 2.05) is 0 Å². The summed E-state index contributed by atoms with van der Waals surface area (Å²) in [6.45, 7) is -0.361. The van der Waals surface area contributed by atoms with Crippen LogP contribution in [0.5, 0.6) is 11.5 Å². The Morgan fingerprint density at radius 3 is 2.57 bits per heavy atom. The number of carboxylic acid groups (broad SMARTS) is 1. The fourth-order valence-electron chi connectivity index (χ4n) is 2.70. The van der Waals surface area contributed by atoms with Crippen molar-refractivity contribution in [3.05, 3.63) is 23.8 Å². The number of phenolic OH excluding ortho intramolecular Hbond substituents is 1. The number of amides is 1. The minimum atomic E-state index is -1.06. The molecule has 0 atom stereocenters. The molecule has 6 nitrogen and oxygen atoms in total. The second-order valence-corrected chi connectivity index (χ2v) is 5.15. The summed E-state index contributed by atoms with van der Waals surface area (Å²) >= 11 is 0. The van der Waals surface area contributed by atoms with Gasteiger partial charge >= 0.3 is 5.97 Å². The number of rotatable bonds is 5. The van der Waals surface area contributed by atoms with Crippen LogP contribution in [0.3, 0.4) is 0 Å². The van der Waals surface area contributed by atoms with Crippen molar-refractivity contribution in [3.63, 3.8) is 0 Å². The maximum atomic E-state index is 12.6. The molecule has 1 aromatic rings. The number of hydrogen-bond donors (Lipinski definition) is 2. The summed E-state index contributed by atoms with van der Waals surface area (Å²) in [5.41, 5.74) is 0.0718. The van der Waals surface area contributed by atoms with Gasteiger partial charge in [0.2, 0.25) is 0 Å². The van der Waals surface area contributed by atoms with Gasteiger partial charge in [-0.2, -0.15) is 0 Å². The summed E-state index contributed by atoms with van der Waals surface area (Å²) in [7, 11) is 1.46. The fraction of sp³-hybridized carbons (Fsp3) is 0.467. The highest BCUT2D eigenvalue weighted by atomic mass is 16.5. The average Bonchev–Trinajstić information content (AvgIpc) is 2.98. The van der Waals surface area contributed by atoms with Gasteiger partial charge in [0.25, 0.3) is 5.91 Å². The molecule has 1 aromatic carbocycles. The molecule has 21 heavy (non-hydrogen) atoms. The molecular weight excluding hydrogens is 274 g/mol. The number of nitrogens with zero attached hydrogens (tertiary/aromatic N) is 1. The summed E-state index contributed by atoms with van der Waals surface area (Å²) in [6, 6.07) is 4.27. The van der Waals surface area contributed by atoms with E-state index in [0.29, 0.717) is 5.75 Å². The summed E-state index contributed by atoms with van der Waals surface area (Å²) in [4.78, 5) is 25.0. The van der Waals surface area contributed by atoms with E-state index < -0.39 is 11.9 Å². The molecule has 0 radical (unpaired) electrons. The second-order valence-electron chi connectivity index (χ2n) is 5.15. The van der Waals surface area contributed by atoms with E-state index in [9.17, 15) is 14.7 Å². The van der Waals surface area contributed by atoms with Crippen molar-refractivity contribution in [1.82, 2.24) is 4.90 Å². The van der Waals surface area contributed by atoms with E-state index in [0.717, 1.165) is 25.7 Å². The smallest absolute Gasteiger partial charge is 0.323 e. The highest BCUT2D eigenvalue weighted by Crippen LogP contribution is 2.29. The maximum absolute atomic E-state index is 12.6. The Hall–Kier alpha value is -2.24. The summed E-state index contributed by atoms with van der Waals surface area (Å²) < 4.78 is 5.05. The number of hydrogen-bond acceptors (Lipinski definition) is 4. The van der Waals surface area contributed by atoms with Crippen LogP contribution in [-0.2, 0) is 4.79 Å². The number of ether oxygens (including phenoxy) is 1. The SMILES string of the molecule is COc1ccc(O)c(C(=O)N(CC(=O)O)C2CCCC2)c1. The molecular formula is C15H19NO5. The van der Waals surface area contributed by atoms with Gasteiger partial charge in [-0.25, -0.2) is 0 Å². The van der Waals surface area contributed by atoms with Crippen LogP contribution in [0, 0.1) is 0 Å². The van der Waals surface area contributed by atoms with Gasteiger partial charge in [-0.05, 0) is 31.0 Å². The molecule has 0 heterocycles. The minimum absolute atomic E-state index is 0.0718. The molecule has 2 rings (SSSR count). The lowest BCUT2D eigenvalue weighted by Gasteiger charge is -2.27. The van der Waals surface area contributed by atoms with Crippen LogP contribution in [-0.4, -0.2) is 46.7 Å². The lowest BCUT2D eigenvalue weighted by molar-refractivity contribution is -0.138. The lowest BCUT2D eigenvalue weighted by atomic mass is 10.1. The largest absolute Gasteiger partial charge is 0.507 e. The van der Waals surface area contributed by atoms with E-state index in [4.69, 9.17) is 9.84 Å². The number of benzene rings is 1. The van der Waals surface area contributed by atoms with E-state index in [-0.39, 0.29) is 23.9 Å². The molecule has 1 amide bonds. The third kappa shape index (κ3) is 3.45. The number of phenols is 1. The van der Waals surface area contributed by atoms with Crippen molar-refractivity contribution in [3.8, 4) is 11.5 Å². The van der Waals surface area contributed by atoms with Gasteiger partial charge in [0.05, 0.1) is 12.7 Å². The highest BCUT2D eigenvalue weighted by Gasteiger charge is 2.30. The van der Waals surface area contributed by atoms with Crippen LogP contribution in [0.25, 0.3) is 0 Å². The first kappa shape index (κ1) is 15.2. The Bertz CT molecular complexity index is 537. The van der Waals surface area contributed by atoms with E-state index in [2.05, 4.69) is 0 Å². The summed E-state index contributed by atoms with van der Waals surface area (Å²) in [5.74, 6) is -1.26. The van der Waals surface area contributed by atoms with Crippen LogP contribution in [0.1, 0.15) is 36.0 Å². The number of carboxylic acids is 1. The second kappa shape index (κ2) is 6.47. The molecule has 0 unspecified atom stereocenters. The van der Waals surface area contributed by atoms with Crippen molar-refractivity contribution < 1.29 is 24.5 Å². The van der Waals surface area contributed by atoms with Crippen LogP contribution < -0.4 is 4.74 Å². The number of methoxy groups -OCH3 is 1. The van der Waals surface area contributed by atoms with E-state index in [1.165, 1.54) is 24.1 Å². The van der Waals surface area contributed by atoms with Crippen molar-refractivity contribution in [1.29, 1.82) is 0 Å². The zero-order chi connectivity index (χ0) is 15.4. The topological polar surface area (TPSA) is 87.1 Å². The average molecular weight is 293 g/mol. The third-order valence-electron chi connectivity index (χ3n) is 3.77. The fourth-order valence-corrected chi connectivity index (χ4v) is 2.70. The highest BCUT2D eigenvalue weighted by molar-refractivity contribution is 5.98. The van der Waals surface area contributed by atoms with Gasteiger partial charge in [-0.1, -0.05) is 12.8 Å². The van der Waals surface area contributed by atoms with Gasteiger partial charge in [0.1, 0.15) is 18.0 Å². The zero-order valence-electron chi connectivity index (χ0n) is 11.9. The monoisotopic (exact) mass is 293 g/mol. The molecule has 114 valence electrons. The number of aliphatic carboxylic acids is 1. The van der Waals surface area contributed by atoms with Crippen molar-refractivity contribution in [2.24, 2.45) is 0 Å². The van der Waals surface area contributed by atoms with E-state index in [1.54, 1.807) is 6.07 Å². The van der Waals surface area contributed by atoms with Crippen LogP contribution >= 0.6 is 0 Å². The predicted octanol–water partition coefficient (Wildman–Crippen LogP) is 1.87. The molecule has 1 saturated carbocycles. The first-order chi connectivity index (χ1) is 10.0. The Labute approximate surface area is 122 Å². The Balaban J connectivity index is 2.30. The van der Waals surface area contributed by atoms with Crippen LogP contribution in [0.4, 0.5) is 0 Å². The Kier molecular flexibility index (Phi) is 4.67. The number of aromatic hydroxyl groups is 1. The molecule has 1 aliphatic carbocycles. The molecule has 0 saturated heterocycles. The van der Waals surface area contributed by atoms with Gasteiger partial charge in [-0.15, -0.1) is 0 Å². The van der Waals surface area contributed by atoms with Gasteiger partial charge in [0.15, 0.2) is 0 Å². The molecule has 1 aliphatic rings. The maximum Gasteiger partial charge on any atom is 0.323 e. The molecule has 0 spiro atoms. The normalized spacial score (nSPS) is 14.9. The molecule has 1 fully saturated rings. The van der Waals surface area contributed by atoms with Crippen molar-refractivity contribution in [2.75, 3.05) is 13.7 Å². The Morgan fingerprint density at radius 1 is 1.33 bits per heavy atom. The molecule has 2 N–H and O–H groups in total. The first-order valence-electron chi connectivity index (χ1n) is 6.92. The molecule has 0 aromatic heterocycles. The third-order valence-corrected chi connectivity index (χ3v) is 3.77. The van der Waals surface area contributed by atoms with Crippen LogP contribution in [0.2, 0.25) is 0 Å². The minimum Gasteiger partial charge on any atom is -0.507 e. The molecule has 0 aliphatic heterocycles. The molecule has 6 heteroatoms. The van der Waals surface area contributed by atoms with Crippen molar-refractivity contribution in [2.45, 2.75) is 31.7 Å². The number of carbonyl (C=O) groups excluding carboxylic acids is 1. The quantitative estimate of drug-likeness (QED) is 0.865. The standard InChI is InChI=1S/C15H19NO5/c1-21-11-6-7-13(17)12(8-11)15(20)16(9-14(18)19)10-4-2-3-5-10/h6-8,10,17H,2-5,9H2,1H3,(H,18,19). The van der Waals surface area contributed by atoms with Crippen molar-refractivity contribution >= 4 is 11.9 Å². The van der Waals surface area contributed by atoms with Crippen LogP contribution in [0.15, 0.2) is 18.2 Å². The molecule has 0 bridgehead atoms. The van der Waals surface area contributed by atoms with Gasteiger partial charge in [-0.3, -0.25) is 9.59 Å². The summed E-state index contributed by atoms with van der Waals surface area (Å²) in [5, 5.41) is 18.9. The first-order valence-corrected chi connectivity index (χ1v) is 6.92. The van der Waals surface area contributed by atoms with Gasteiger partial charge in [0, 0.05) is 6.04 Å².